The molecule has 23 heavy (non-hydrogen) atoms. The van der Waals surface area contributed by atoms with E-state index in [0.717, 1.165) is 22.5 Å². The van der Waals surface area contributed by atoms with Gasteiger partial charge < -0.3 is 4.90 Å². The lowest BCUT2D eigenvalue weighted by Gasteiger charge is -2.43. The summed E-state index contributed by atoms with van der Waals surface area (Å²) >= 11 is 6.48. The molecule has 0 aromatic heterocycles. The summed E-state index contributed by atoms with van der Waals surface area (Å²) in [6.45, 7) is 6.20. The summed E-state index contributed by atoms with van der Waals surface area (Å²) in [6, 6.07) is 12.4. The average molecular weight is 329 g/mol. The molecule has 2 aromatic carbocycles. The second-order valence-electron chi connectivity index (χ2n) is 6.23. The summed E-state index contributed by atoms with van der Waals surface area (Å²) in [5.74, 6) is 0. The molecule has 3 rings (SSSR count). The first kappa shape index (κ1) is 15.6. The van der Waals surface area contributed by atoms with Crippen molar-refractivity contribution in [2.24, 2.45) is 0 Å². The van der Waals surface area contributed by atoms with Crippen LogP contribution in [0.3, 0.4) is 0 Å². The van der Waals surface area contributed by atoms with Gasteiger partial charge in [-0.25, -0.2) is 0 Å². The van der Waals surface area contributed by atoms with Crippen LogP contribution in [-0.2, 0) is 0 Å². The number of para-hydroxylation sites is 1. The van der Waals surface area contributed by atoms with E-state index in [4.69, 9.17) is 11.6 Å². The number of fused-ring (bicyclic) bond motifs is 1. The predicted octanol–water partition coefficient (Wildman–Crippen LogP) is 5.58. The number of rotatable bonds is 2. The van der Waals surface area contributed by atoms with Gasteiger partial charge in [-0.05, 0) is 38.5 Å². The molecule has 0 saturated heterocycles. The van der Waals surface area contributed by atoms with Crippen LogP contribution in [0.2, 0.25) is 5.02 Å². The number of nitro benzene ring substituents is 1. The number of anilines is 2. The van der Waals surface area contributed by atoms with Gasteiger partial charge in [-0.15, -0.1) is 0 Å². The summed E-state index contributed by atoms with van der Waals surface area (Å²) in [4.78, 5) is 12.8. The normalized spacial score (nSPS) is 15.8. The lowest BCUT2D eigenvalue weighted by atomic mass is 9.88. The zero-order valence-electron chi connectivity index (χ0n) is 13.2. The number of hydrogen-bond acceptors (Lipinski definition) is 3. The van der Waals surface area contributed by atoms with Gasteiger partial charge in [0.2, 0.25) is 0 Å². The minimum atomic E-state index is -0.380. The molecule has 0 fully saturated rings. The smallest absolute Gasteiger partial charge is 0.271 e. The standard InChI is InChI=1S/C18H17ClN2O2/c1-12-11-18(2,3)20(17-15(12)8-5-9-16(17)19)13-6-4-7-14(10-13)21(22)23/h4-11H,1-3H3. The SMILES string of the molecule is CC1=CC(C)(C)N(c2cccc([N+](=O)[O-])c2)c2c(Cl)cccc21. The summed E-state index contributed by atoms with van der Waals surface area (Å²) < 4.78 is 0. The van der Waals surface area contributed by atoms with E-state index in [-0.39, 0.29) is 16.1 Å². The van der Waals surface area contributed by atoms with E-state index in [1.807, 2.05) is 24.3 Å². The van der Waals surface area contributed by atoms with Gasteiger partial charge in [0.15, 0.2) is 0 Å². The lowest BCUT2D eigenvalue weighted by Crippen LogP contribution is -2.41. The van der Waals surface area contributed by atoms with Gasteiger partial charge in [0, 0.05) is 23.4 Å². The van der Waals surface area contributed by atoms with Gasteiger partial charge in [-0.1, -0.05) is 35.9 Å². The Hall–Kier alpha value is -2.33. The zero-order chi connectivity index (χ0) is 16.8. The van der Waals surface area contributed by atoms with Crippen molar-refractivity contribution < 1.29 is 4.92 Å². The van der Waals surface area contributed by atoms with Crippen LogP contribution in [-0.4, -0.2) is 10.5 Å². The van der Waals surface area contributed by atoms with E-state index < -0.39 is 0 Å². The summed E-state index contributed by atoms with van der Waals surface area (Å²) in [5, 5.41) is 11.7. The number of nitro groups is 1. The molecular weight excluding hydrogens is 312 g/mol. The Bertz CT molecular complexity index is 828. The highest BCUT2D eigenvalue weighted by Crippen LogP contribution is 2.47. The fraction of sp³-hybridized carbons (Fsp3) is 0.222. The molecule has 0 unspecified atom stereocenters. The van der Waals surface area contributed by atoms with Gasteiger partial charge in [0.1, 0.15) is 0 Å². The molecule has 0 atom stereocenters. The van der Waals surface area contributed by atoms with Crippen LogP contribution in [0.25, 0.3) is 5.57 Å². The Morgan fingerprint density at radius 1 is 1.17 bits per heavy atom. The first-order valence-electron chi connectivity index (χ1n) is 7.34. The van der Waals surface area contributed by atoms with E-state index in [0.29, 0.717) is 5.02 Å². The number of non-ortho nitro benzene ring substituents is 1. The molecule has 1 aliphatic rings. The Morgan fingerprint density at radius 3 is 2.57 bits per heavy atom. The molecule has 0 aliphatic carbocycles. The van der Waals surface area contributed by atoms with Gasteiger partial charge in [0.05, 0.1) is 21.2 Å². The molecule has 0 saturated carbocycles. The maximum atomic E-state index is 11.1. The van der Waals surface area contributed by atoms with Crippen molar-refractivity contribution in [3.05, 3.63) is 69.2 Å². The summed E-state index contributed by atoms with van der Waals surface area (Å²) in [6.07, 6.45) is 2.16. The van der Waals surface area contributed by atoms with Crippen molar-refractivity contribution in [3.8, 4) is 0 Å². The van der Waals surface area contributed by atoms with Crippen molar-refractivity contribution in [2.75, 3.05) is 4.90 Å². The van der Waals surface area contributed by atoms with Crippen molar-refractivity contribution in [2.45, 2.75) is 26.3 Å². The number of hydrogen-bond donors (Lipinski definition) is 0. The molecule has 1 heterocycles. The number of allylic oxidation sites excluding steroid dienone is 1. The maximum Gasteiger partial charge on any atom is 0.271 e. The third-order valence-electron chi connectivity index (χ3n) is 4.08. The van der Waals surface area contributed by atoms with Gasteiger partial charge in [0.25, 0.3) is 5.69 Å². The monoisotopic (exact) mass is 328 g/mol. The van der Waals surface area contributed by atoms with Crippen LogP contribution in [0.15, 0.2) is 48.5 Å². The van der Waals surface area contributed by atoms with Crippen molar-refractivity contribution in [3.63, 3.8) is 0 Å². The second-order valence-corrected chi connectivity index (χ2v) is 6.64. The number of halogens is 1. The largest absolute Gasteiger partial charge is 0.330 e. The highest BCUT2D eigenvalue weighted by Gasteiger charge is 2.34. The third-order valence-corrected chi connectivity index (χ3v) is 4.39. The average Bonchev–Trinajstić information content (AvgIpc) is 2.48. The van der Waals surface area contributed by atoms with Crippen LogP contribution in [0, 0.1) is 10.1 Å². The molecule has 0 bridgehead atoms. The van der Waals surface area contributed by atoms with Crippen LogP contribution >= 0.6 is 11.6 Å². The molecule has 0 N–H and O–H groups in total. The third kappa shape index (κ3) is 2.59. The quantitative estimate of drug-likeness (QED) is 0.534. The first-order chi connectivity index (χ1) is 10.8. The second kappa shape index (κ2) is 5.39. The molecule has 0 amide bonds. The minimum Gasteiger partial charge on any atom is -0.330 e. The molecule has 4 nitrogen and oxygen atoms in total. The van der Waals surface area contributed by atoms with E-state index in [2.05, 4.69) is 31.7 Å². The highest BCUT2D eigenvalue weighted by atomic mass is 35.5. The van der Waals surface area contributed by atoms with Crippen molar-refractivity contribution >= 4 is 34.2 Å². The molecule has 1 aliphatic heterocycles. The maximum absolute atomic E-state index is 11.1. The molecule has 2 aromatic rings. The van der Waals surface area contributed by atoms with Crippen LogP contribution < -0.4 is 4.90 Å². The van der Waals surface area contributed by atoms with E-state index >= 15 is 0 Å². The van der Waals surface area contributed by atoms with E-state index in [9.17, 15) is 10.1 Å². The fourth-order valence-corrected chi connectivity index (χ4v) is 3.49. The van der Waals surface area contributed by atoms with Crippen molar-refractivity contribution in [1.29, 1.82) is 0 Å². The predicted molar refractivity (Wildman–Crippen MR) is 94.4 cm³/mol. The molecule has 0 spiro atoms. The lowest BCUT2D eigenvalue weighted by molar-refractivity contribution is -0.384. The van der Waals surface area contributed by atoms with Gasteiger partial charge >= 0.3 is 0 Å². The summed E-state index contributed by atoms with van der Waals surface area (Å²) in [7, 11) is 0. The van der Waals surface area contributed by atoms with Gasteiger partial charge in [-0.2, -0.15) is 0 Å². The molecule has 0 radical (unpaired) electrons. The van der Waals surface area contributed by atoms with Gasteiger partial charge in [-0.3, -0.25) is 10.1 Å². The molecule has 118 valence electrons. The Balaban J connectivity index is 2.26. The van der Waals surface area contributed by atoms with Crippen LogP contribution in [0.5, 0.6) is 0 Å². The van der Waals surface area contributed by atoms with E-state index in [1.54, 1.807) is 12.1 Å². The Morgan fingerprint density at radius 2 is 1.87 bits per heavy atom. The minimum absolute atomic E-state index is 0.0678. The number of benzene rings is 2. The van der Waals surface area contributed by atoms with Crippen LogP contribution in [0.1, 0.15) is 26.3 Å². The van der Waals surface area contributed by atoms with Crippen molar-refractivity contribution in [1.82, 2.24) is 0 Å². The topological polar surface area (TPSA) is 46.4 Å². The molecule has 5 heteroatoms. The highest BCUT2D eigenvalue weighted by molar-refractivity contribution is 6.34. The van der Waals surface area contributed by atoms with Crippen LogP contribution in [0.4, 0.5) is 17.1 Å². The zero-order valence-corrected chi connectivity index (χ0v) is 14.0. The molecular formula is C18H17ClN2O2. The summed E-state index contributed by atoms with van der Waals surface area (Å²) in [5.41, 5.74) is 3.55. The number of nitrogens with zero attached hydrogens (tertiary/aromatic N) is 2. The Labute approximate surface area is 140 Å². The fourth-order valence-electron chi connectivity index (χ4n) is 3.23. The van der Waals surface area contributed by atoms with E-state index in [1.165, 1.54) is 6.07 Å². The Kier molecular flexibility index (Phi) is 3.65. The first-order valence-corrected chi connectivity index (χ1v) is 7.72.